The minimum Gasteiger partial charge on any atom is -0.382 e. The Labute approximate surface area is 114 Å². The van der Waals surface area contributed by atoms with E-state index in [0.29, 0.717) is 6.04 Å². The quantitative estimate of drug-likeness (QED) is 0.882. The Morgan fingerprint density at radius 3 is 2.95 bits per heavy atom. The summed E-state index contributed by atoms with van der Waals surface area (Å²) in [6.45, 7) is 2.94. The van der Waals surface area contributed by atoms with E-state index in [1.54, 1.807) is 0 Å². The summed E-state index contributed by atoms with van der Waals surface area (Å²) in [5, 5.41) is 12.6. The van der Waals surface area contributed by atoms with Crippen LogP contribution in [0.5, 0.6) is 0 Å². The van der Waals surface area contributed by atoms with E-state index in [2.05, 4.69) is 18.3 Å². The van der Waals surface area contributed by atoms with E-state index in [1.165, 1.54) is 24.8 Å². The number of nitriles is 1. The predicted octanol–water partition coefficient (Wildman–Crippen LogP) is 3.38. The molecule has 1 N–H and O–H groups in total. The molecular weight excluding hydrogens is 236 g/mol. The van der Waals surface area contributed by atoms with Crippen molar-refractivity contribution in [3.05, 3.63) is 29.3 Å². The first kappa shape index (κ1) is 12.5. The zero-order valence-electron chi connectivity index (χ0n) is 11.4. The normalized spacial score (nSPS) is 24.5. The van der Waals surface area contributed by atoms with Crippen LogP contribution in [-0.4, -0.2) is 18.2 Å². The third-order valence-electron chi connectivity index (χ3n) is 4.48. The number of anilines is 1. The molecule has 2 aliphatic rings. The number of rotatable bonds is 2. The molecule has 1 saturated heterocycles. The van der Waals surface area contributed by atoms with Crippen LogP contribution in [0, 0.1) is 18.3 Å². The average Bonchev–Trinajstić information content (AvgIpc) is 2.40. The van der Waals surface area contributed by atoms with Crippen LogP contribution in [0.25, 0.3) is 0 Å². The molecule has 1 aliphatic carbocycles. The van der Waals surface area contributed by atoms with Gasteiger partial charge in [-0.3, -0.25) is 0 Å². The van der Waals surface area contributed by atoms with Crippen molar-refractivity contribution in [1.82, 2.24) is 0 Å². The molecule has 0 amide bonds. The summed E-state index contributed by atoms with van der Waals surface area (Å²) in [4.78, 5) is 0. The molecular formula is C16H20N2O. The second-order valence-electron chi connectivity index (χ2n) is 5.86. The highest BCUT2D eigenvalue weighted by Gasteiger charge is 2.42. The maximum atomic E-state index is 8.99. The van der Waals surface area contributed by atoms with Gasteiger partial charge < -0.3 is 10.1 Å². The second-order valence-corrected chi connectivity index (χ2v) is 5.86. The lowest BCUT2D eigenvalue weighted by atomic mass is 9.74. The molecule has 1 atom stereocenters. The molecule has 3 nitrogen and oxygen atoms in total. The van der Waals surface area contributed by atoms with E-state index in [1.807, 2.05) is 18.2 Å². The largest absolute Gasteiger partial charge is 0.382 e. The van der Waals surface area contributed by atoms with Crippen LogP contribution in [0.4, 0.5) is 5.69 Å². The van der Waals surface area contributed by atoms with Gasteiger partial charge in [0.2, 0.25) is 0 Å². The molecule has 1 heterocycles. The van der Waals surface area contributed by atoms with Crippen molar-refractivity contribution in [3.63, 3.8) is 0 Å². The van der Waals surface area contributed by atoms with Gasteiger partial charge in [-0.15, -0.1) is 0 Å². The van der Waals surface area contributed by atoms with Crippen molar-refractivity contribution in [2.75, 3.05) is 11.9 Å². The van der Waals surface area contributed by atoms with Gasteiger partial charge in [-0.1, -0.05) is 6.07 Å². The van der Waals surface area contributed by atoms with Gasteiger partial charge in [-0.05, 0) is 56.7 Å². The van der Waals surface area contributed by atoms with E-state index >= 15 is 0 Å². The van der Waals surface area contributed by atoms with Gasteiger partial charge >= 0.3 is 0 Å². The van der Waals surface area contributed by atoms with Crippen LogP contribution >= 0.6 is 0 Å². The monoisotopic (exact) mass is 256 g/mol. The lowest BCUT2D eigenvalue weighted by Crippen LogP contribution is -2.49. The number of aryl methyl sites for hydroxylation is 1. The fourth-order valence-corrected chi connectivity index (χ4v) is 3.14. The molecule has 0 radical (unpaired) electrons. The first-order valence-electron chi connectivity index (χ1n) is 7.12. The van der Waals surface area contributed by atoms with Crippen molar-refractivity contribution < 1.29 is 4.74 Å². The average molecular weight is 256 g/mol. The van der Waals surface area contributed by atoms with E-state index in [4.69, 9.17) is 10.00 Å². The van der Waals surface area contributed by atoms with Gasteiger partial charge in [0, 0.05) is 18.3 Å². The molecule has 1 spiro atoms. The Morgan fingerprint density at radius 2 is 2.26 bits per heavy atom. The first-order valence-corrected chi connectivity index (χ1v) is 7.12. The predicted molar refractivity (Wildman–Crippen MR) is 75.1 cm³/mol. The minimum atomic E-state index is 0.163. The molecule has 1 aliphatic heterocycles. The summed E-state index contributed by atoms with van der Waals surface area (Å²) in [5.41, 5.74) is 3.18. The van der Waals surface area contributed by atoms with E-state index in [9.17, 15) is 0 Å². The smallest absolute Gasteiger partial charge is 0.0992 e. The molecule has 100 valence electrons. The lowest BCUT2D eigenvalue weighted by Gasteiger charge is -2.47. The molecule has 2 fully saturated rings. The Bertz CT molecular complexity index is 514. The van der Waals surface area contributed by atoms with Crippen LogP contribution in [-0.2, 0) is 4.74 Å². The summed E-state index contributed by atoms with van der Waals surface area (Å²) in [6, 6.07) is 8.52. The molecule has 1 aromatic rings. The third kappa shape index (κ3) is 2.46. The van der Waals surface area contributed by atoms with E-state index in [-0.39, 0.29) is 5.60 Å². The fraction of sp³-hybridized carbons (Fsp3) is 0.562. The molecule has 3 heteroatoms. The molecule has 1 aromatic carbocycles. The maximum Gasteiger partial charge on any atom is 0.0992 e. The molecule has 1 unspecified atom stereocenters. The molecule has 0 bridgehead atoms. The standard InChI is InChI=1S/C16H20N2O/c1-12-3-4-13(11-17)9-15(12)18-14-5-8-19-16(10-14)6-2-7-16/h3-4,9,14,18H,2,5-8,10H2,1H3. The summed E-state index contributed by atoms with van der Waals surface area (Å²) >= 11 is 0. The Hall–Kier alpha value is -1.53. The van der Waals surface area contributed by atoms with Crippen molar-refractivity contribution in [3.8, 4) is 6.07 Å². The summed E-state index contributed by atoms with van der Waals surface area (Å²) in [6.07, 6.45) is 5.88. The summed E-state index contributed by atoms with van der Waals surface area (Å²) in [5.74, 6) is 0. The number of nitrogens with one attached hydrogen (secondary N) is 1. The van der Waals surface area contributed by atoms with Crippen molar-refractivity contribution in [1.29, 1.82) is 5.26 Å². The highest BCUT2D eigenvalue weighted by Crippen LogP contribution is 2.43. The third-order valence-corrected chi connectivity index (χ3v) is 4.48. The summed E-state index contributed by atoms with van der Waals surface area (Å²) < 4.78 is 5.95. The number of nitrogens with zero attached hydrogens (tertiary/aromatic N) is 1. The van der Waals surface area contributed by atoms with Crippen molar-refractivity contribution >= 4 is 5.69 Å². The summed E-state index contributed by atoms with van der Waals surface area (Å²) in [7, 11) is 0. The molecule has 19 heavy (non-hydrogen) atoms. The second kappa shape index (κ2) is 4.86. The topological polar surface area (TPSA) is 45.0 Å². The molecule has 1 saturated carbocycles. The number of benzene rings is 1. The van der Waals surface area contributed by atoms with E-state index < -0.39 is 0 Å². The maximum absolute atomic E-state index is 8.99. The van der Waals surface area contributed by atoms with Gasteiger partial charge in [-0.2, -0.15) is 5.26 Å². The van der Waals surface area contributed by atoms with Crippen LogP contribution in [0.3, 0.4) is 0 Å². The highest BCUT2D eigenvalue weighted by atomic mass is 16.5. The van der Waals surface area contributed by atoms with Gasteiger partial charge in [0.05, 0.1) is 17.2 Å². The highest BCUT2D eigenvalue weighted by molar-refractivity contribution is 5.55. The number of ether oxygens (including phenoxy) is 1. The SMILES string of the molecule is Cc1ccc(C#N)cc1NC1CCOC2(CCC2)C1. The van der Waals surface area contributed by atoms with Crippen LogP contribution < -0.4 is 5.32 Å². The number of hydrogen-bond acceptors (Lipinski definition) is 3. The van der Waals surface area contributed by atoms with E-state index in [0.717, 1.165) is 30.7 Å². The Kier molecular flexibility index (Phi) is 3.20. The fourth-order valence-electron chi connectivity index (χ4n) is 3.14. The molecule has 0 aromatic heterocycles. The number of hydrogen-bond donors (Lipinski definition) is 1. The lowest BCUT2D eigenvalue weighted by molar-refractivity contribution is -0.130. The van der Waals surface area contributed by atoms with Crippen LogP contribution in [0.1, 0.15) is 43.2 Å². The van der Waals surface area contributed by atoms with Crippen molar-refractivity contribution in [2.24, 2.45) is 0 Å². The minimum absolute atomic E-state index is 0.163. The van der Waals surface area contributed by atoms with Gasteiger partial charge in [0.1, 0.15) is 0 Å². The zero-order valence-corrected chi connectivity index (χ0v) is 11.4. The van der Waals surface area contributed by atoms with Crippen molar-refractivity contribution in [2.45, 2.75) is 50.7 Å². The molecule has 3 rings (SSSR count). The van der Waals surface area contributed by atoms with Crippen LogP contribution in [0.2, 0.25) is 0 Å². The Balaban J connectivity index is 1.72. The van der Waals surface area contributed by atoms with Gasteiger partial charge in [0.25, 0.3) is 0 Å². The van der Waals surface area contributed by atoms with Gasteiger partial charge in [-0.25, -0.2) is 0 Å². The zero-order chi connectivity index (χ0) is 13.3. The van der Waals surface area contributed by atoms with Gasteiger partial charge in [0.15, 0.2) is 0 Å². The Morgan fingerprint density at radius 1 is 1.42 bits per heavy atom. The first-order chi connectivity index (χ1) is 9.21. The van der Waals surface area contributed by atoms with Crippen LogP contribution in [0.15, 0.2) is 18.2 Å².